The molecule has 0 spiro atoms. The van der Waals surface area contributed by atoms with Gasteiger partial charge in [-0.25, -0.2) is 14.8 Å². The van der Waals surface area contributed by atoms with Gasteiger partial charge in [0.15, 0.2) is 12.7 Å². The summed E-state index contributed by atoms with van der Waals surface area (Å²) in [7, 11) is 1.68. The number of likely N-dealkylation sites (N-methyl/N-ethyl adjacent to an activating group) is 1. The maximum absolute atomic E-state index is 11.5. The molecule has 2 N–H and O–H groups in total. The van der Waals surface area contributed by atoms with E-state index in [0.29, 0.717) is 23.1 Å². The van der Waals surface area contributed by atoms with Gasteiger partial charge in [0.25, 0.3) is 0 Å². The van der Waals surface area contributed by atoms with Gasteiger partial charge in [0.05, 0.1) is 18.0 Å². The lowest BCUT2D eigenvalue weighted by molar-refractivity contribution is 0.0486. The number of cyclic esters (lactones) is 1. The fourth-order valence-electron chi connectivity index (χ4n) is 3.68. The molecule has 0 saturated carbocycles. The summed E-state index contributed by atoms with van der Waals surface area (Å²) < 4.78 is 5.21. The molecular weight excluding hydrogens is 382 g/mol. The third kappa shape index (κ3) is 2.93. The Hall–Kier alpha value is -2.87. The molecule has 9 heteroatoms. The number of carbonyl (C=O) groups excluding carboxylic acids is 1. The molecule has 1 aliphatic carbocycles. The average molecular weight is 402 g/mol. The van der Waals surface area contributed by atoms with Crippen molar-refractivity contribution in [2.45, 2.75) is 25.4 Å². The van der Waals surface area contributed by atoms with Gasteiger partial charge in [-0.2, -0.15) is 0 Å². The topological polar surface area (TPSA) is 103 Å². The molecule has 146 valence electrons. The van der Waals surface area contributed by atoms with Crippen LogP contribution in [0, 0.1) is 0 Å². The molecule has 1 atom stereocenters. The number of amides is 1. The summed E-state index contributed by atoms with van der Waals surface area (Å²) in [5.41, 5.74) is 9.48. The Bertz CT molecular complexity index is 992. The van der Waals surface area contributed by atoms with Gasteiger partial charge in [-0.05, 0) is 26.0 Å². The maximum atomic E-state index is 11.5. The summed E-state index contributed by atoms with van der Waals surface area (Å²) in [6, 6.07) is 5.53. The summed E-state index contributed by atoms with van der Waals surface area (Å²) in [5.74, 6) is 0.398. The van der Waals surface area contributed by atoms with Gasteiger partial charge >= 0.3 is 6.09 Å². The van der Waals surface area contributed by atoms with Crippen LogP contribution in [0.2, 0.25) is 5.02 Å². The Kier molecular flexibility index (Phi) is 4.38. The molecule has 1 aromatic carbocycles. The first kappa shape index (κ1) is 18.5. The summed E-state index contributed by atoms with van der Waals surface area (Å²) in [4.78, 5) is 27.2. The largest absolute Gasteiger partial charge is 0.440 e. The molecule has 4 rings (SSSR count). The Morgan fingerprint density at radius 3 is 2.89 bits per heavy atom. The number of oxime groups is 1. The number of halogens is 1. The highest BCUT2D eigenvalue weighted by Crippen LogP contribution is 2.44. The second-order valence-corrected chi connectivity index (χ2v) is 7.86. The van der Waals surface area contributed by atoms with Crippen molar-refractivity contribution < 1.29 is 14.4 Å². The number of rotatable bonds is 3. The van der Waals surface area contributed by atoms with E-state index in [2.05, 4.69) is 15.1 Å². The van der Waals surface area contributed by atoms with Crippen LogP contribution in [0.15, 0.2) is 29.7 Å². The molecule has 0 unspecified atom stereocenters. The summed E-state index contributed by atoms with van der Waals surface area (Å²) >= 11 is 6.25. The minimum atomic E-state index is -0.610. The molecule has 28 heavy (non-hydrogen) atoms. The van der Waals surface area contributed by atoms with E-state index >= 15 is 0 Å². The maximum Gasteiger partial charge on any atom is 0.410 e. The van der Waals surface area contributed by atoms with Crippen molar-refractivity contribution in [1.82, 2.24) is 14.9 Å². The normalized spacial score (nSPS) is 21.3. The van der Waals surface area contributed by atoms with Gasteiger partial charge in [-0.1, -0.05) is 22.8 Å². The van der Waals surface area contributed by atoms with Gasteiger partial charge in [0.2, 0.25) is 0 Å². The fourth-order valence-corrected chi connectivity index (χ4v) is 3.85. The lowest BCUT2D eigenvalue weighted by Gasteiger charge is -2.34. The zero-order chi connectivity index (χ0) is 20.1. The number of hydrogen-bond acceptors (Lipinski definition) is 7. The van der Waals surface area contributed by atoms with E-state index in [-0.39, 0.29) is 18.8 Å². The first-order valence-electron chi connectivity index (χ1n) is 8.82. The molecule has 0 bridgehead atoms. The van der Waals surface area contributed by atoms with E-state index < -0.39 is 5.41 Å². The van der Waals surface area contributed by atoms with Crippen LogP contribution >= 0.6 is 11.6 Å². The zero-order valence-electron chi connectivity index (χ0n) is 15.8. The number of aromatic nitrogens is 2. The van der Waals surface area contributed by atoms with Crippen molar-refractivity contribution >= 4 is 29.2 Å². The molecule has 2 aromatic rings. The highest BCUT2D eigenvalue weighted by atomic mass is 35.5. The number of fused-ring (bicyclic) bond motifs is 3. The van der Waals surface area contributed by atoms with E-state index in [0.717, 1.165) is 22.4 Å². The summed E-state index contributed by atoms with van der Waals surface area (Å²) in [6.07, 6.45) is 0.718. The van der Waals surface area contributed by atoms with Gasteiger partial charge < -0.3 is 20.2 Å². The van der Waals surface area contributed by atoms with Crippen molar-refractivity contribution in [2.75, 3.05) is 25.9 Å². The number of benzene rings is 1. The number of anilines is 1. The number of nitrogen functional groups attached to an aromatic ring is 1. The van der Waals surface area contributed by atoms with E-state index in [9.17, 15) is 4.79 Å². The van der Waals surface area contributed by atoms with Crippen molar-refractivity contribution in [3.8, 4) is 11.3 Å². The molecule has 1 aliphatic heterocycles. The highest BCUT2D eigenvalue weighted by Gasteiger charge is 2.41. The summed E-state index contributed by atoms with van der Waals surface area (Å²) in [5, 5.41) is 4.99. The van der Waals surface area contributed by atoms with Crippen LogP contribution in [-0.4, -0.2) is 53.0 Å². The van der Waals surface area contributed by atoms with Crippen LogP contribution < -0.4 is 5.73 Å². The molecular formula is C19H20ClN5O3. The number of ether oxygens (including phenoxy) is 1. The predicted molar refractivity (Wildman–Crippen MR) is 105 cm³/mol. The second-order valence-electron chi connectivity index (χ2n) is 7.42. The molecule has 1 saturated heterocycles. The molecule has 2 heterocycles. The molecule has 1 fully saturated rings. The molecule has 0 radical (unpaired) electrons. The van der Waals surface area contributed by atoms with Crippen molar-refractivity contribution in [3.63, 3.8) is 0 Å². The minimum absolute atomic E-state index is 0.152. The van der Waals surface area contributed by atoms with Crippen molar-refractivity contribution in [1.29, 1.82) is 0 Å². The van der Waals surface area contributed by atoms with Gasteiger partial charge in [-0.3, -0.25) is 0 Å². The highest BCUT2D eigenvalue weighted by molar-refractivity contribution is 6.31. The number of nitrogens with two attached hydrogens (primary N) is 1. The van der Waals surface area contributed by atoms with Crippen LogP contribution in [0.5, 0.6) is 0 Å². The first-order chi connectivity index (χ1) is 13.3. The van der Waals surface area contributed by atoms with Gasteiger partial charge in [0.1, 0.15) is 12.1 Å². The number of nitrogens with zero attached hydrogens (tertiary/aromatic N) is 4. The average Bonchev–Trinajstić information content (AvgIpc) is 2.95. The Balaban J connectivity index is 1.73. The molecule has 8 nitrogen and oxygen atoms in total. The second kappa shape index (κ2) is 6.63. The number of carbonyl (C=O) groups is 1. The lowest BCUT2D eigenvalue weighted by atomic mass is 9.70. The third-order valence-electron chi connectivity index (χ3n) is 5.06. The zero-order valence-corrected chi connectivity index (χ0v) is 16.5. The smallest absolute Gasteiger partial charge is 0.410 e. The molecule has 1 amide bonds. The van der Waals surface area contributed by atoms with Crippen LogP contribution in [0.1, 0.15) is 25.0 Å². The van der Waals surface area contributed by atoms with E-state index in [1.54, 1.807) is 13.1 Å². The number of hydrogen-bond donors (Lipinski definition) is 1. The van der Waals surface area contributed by atoms with E-state index in [4.69, 9.17) is 26.9 Å². The molecule has 1 aromatic heterocycles. The lowest BCUT2D eigenvalue weighted by Crippen LogP contribution is -2.36. The quantitative estimate of drug-likeness (QED) is 0.793. The van der Waals surface area contributed by atoms with Crippen LogP contribution in [-0.2, 0) is 15.0 Å². The Labute approximate surface area is 167 Å². The van der Waals surface area contributed by atoms with Gasteiger partial charge in [0, 0.05) is 34.2 Å². The minimum Gasteiger partial charge on any atom is -0.440 e. The first-order valence-corrected chi connectivity index (χ1v) is 9.20. The Morgan fingerprint density at radius 2 is 2.18 bits per heavy atom. The van der Waals surface area contributed by atoms with Crippen LogP contribution in [0.25, 0.3) is 11.3 Å². The van der Waals surface area contributed by atoms with Gasteiger partial charge in [-0.15, -0.1) is 0 Å². The van der Waals surface area contributed by atoms with E-state index in [1.165, 1.54) is 11.2 Å². The van der Waals surface area contributed by atoms with E-state index in [1.807, 2.05) is 26.0 Å². The third-order valence-corrected chi connectivity index (χ3v) is 5.29. The van der Waals surface area contributed by atoms with Crippen LogP contribution in [0.4, 0.5) is 10.6 Å². The predicted octanol–water partition coefficient (Wildman–Crippen LogP) is 2.84. The standard InChI is InChI=1S/C19H20ClN5O3/c1-19(2)14-15(22-9-23-17(14)21)12-5-4-10(20)6-13(12)16(19)24-27-8-11-7-25(3)18(26)28-11/h4-6,9,11H,7-8H2,1-3H3,(H2,21,22,23)/b24-16+/t11-/m0/s1. The fraction of sp³-hybridized carbons (Fsp3) is 0.368. The SMILES string of the molecule is CN1C[C@@H](CO/N=C2\c3cc(Cl)ccc3-c3ncnc(N)c3C2(C)C)OC1=O. The van der Waals surface area contributed by atoms with Crippen LogP contribution in [0.3, 0.4) is 0 Å². The van der Waals surface area contributed by atoms with Crippen molar-refractivity contribution in [2.24, 2.45) is 5.16 Å². The van der Waals surface area contributed by atoms with Crippen molar-refractivity contribution in [3.05, 3.63) is 40.7 Å². The summed E-state index contributed by atoms with van der Waals surface area (Å²) in [6.45, 7) is 4.58. The Morgan fingerprint density at radius 1 is 1.39 bits per heavy atom. The molecule has 2 aliphatic rings. The monoisotopic (exact) mass is 401 g/mol.